The van der Waals surface area contributed by atoms with Crippen molar-refractivity contribution in [3.63, 3.8) is 0 Å². The third-order valence-electron chi connectivity index (χ3n) is 6.47. The predicted octanol–water partition coefficient (Wildman–Crippen LogP) is 6.16. The van der Waals surface area contributed by atoms with Crippen molar-refractivity contribution in [2.75, 3.05) is 25.2 Å². The second kappa shape index (κ2) is 13.8. The standard InChI is InChI=1S/C32H32N2O7S/c1-5-7-18-40-24-16-14-22(19-25(24)39-4)27-26(23(35)15-13-21-11-9-8-10-12-21)28(36)30(37)34(27)32-33-20(3)29(42-32)31(38)41-17-6-2/h6,8-16,19,27,36H,2,5,7,17-18H2,1,3-4H3/b15-13+. The van der Waals surface area contributed by atoms with Crippen LogP contribution in [0.1, 0.15) is 52.3 Å². The van der Waals surface area contributed by atoms with Crippen LogP contribution in [-0.4, -0.2) is 48.1 Å². The molecule has 4 rings (SSSR count). The zero-order valence-electron chi connectivity index (χ0n) is 23.7. The number of hydrogen-bond acceptors (Lipinski definition) is 9. The van der Waals surface area contributed by atoms with Gasteiger partial charge < -0.3 is 19.3 Å². The minimum Gasteiger partial charge on any atom is -0.503 e. The highest BCUT2D eigenvalue weighted by atomic mass is 32.1. The van der Waals surface area contributed by atoms with E-state index in [0.29, 0.717) is 29.4 Å². The highest BCUT2D eigenvalue weighted by Gasteiger charge is 2.45. The topological polar surface area (TPSA) is 115 Å². The van der Waals surface area contributed by atoms with Gasteiger partial charge in [-0.3, -0.25) is 14.5 Å². The van der Waals surface area contributed by atoms with E-state index < -0.39 is 29.5 Å². The average Bonchev–Trinajstić information content (AvgIpc) is 3.51. The van der Waals surface area contributed by atoms with Gasteiger partial charge in [0.15, 0.2) is 28.2 Å². The largest absolute Gasteiger partial charge is 0.503 e. The van der Waals surface area contributed by atoms with Gasteiger partial charge >= 0.3 is 5.97 Å². The second-order valence-electron chi connectivity index (χ2n) is 9.36. The lowest BCUT2D eigenvalue weighted by atomic mass is 9.95. The van der Waals surface area contributed by atoms with Gasteiger partial charge in [0, 0.05) is 0 Å². The molecule has 0 saturated heterocycles. The number of carbonyl (C=O) groups excluding carboxylic acids is 3. The molecule has 218 valence electrons. The summed E-state index contributed by atoms with van der Waals surface area (Å²) in [6.07, 6.45) is 6.19. The maximum Gasteiger partial charge on any atom is 0.350 e. The van der Waals surface area contributed by atoms with Gasteiger partial charge in [0.05, 0.1) is 31.0 Å². The molecule has 0 radical (unpaired) electrons. The minimum atomic E-state index is -1.06. The average molecular weight is 589 g/mol. The number of esters is 1. The molecule has 1 unspecified atom stereocenters. The fraction of sp³-hybridized carbons (Fsp3) is 0.250. The zero-order valence-corrected chi connectivity index (χ0v) is 24.5. The molecule has 1 aromatic heterocycles. The monoisotopic (exact) mass is 588 g/mol. The number of thiazole rings is 1. The second-order valence-corrected chi connectivity index (χ2v) is 10.3. The summed E-state index contributed by atoms with van der Waals surface area (Å²) in [4.78, 5) is 45.6. The normalized spacial score (nSPS) is 14.9. The van der Waals surface area contributed by atoms with Crippen LogP contribution >= 0.6 is 11.3 Å². The summed E-state index contributed by atoms with van der Waals surface area (Å²) < 4.78 is 16.6. The molecule has 1 aliphatic heterocycles. The number of methoxy groups -OCH3 is 1. The van der Waals surface area contributed by atoms with E-state index in [4.69, 9.17) is 14.2 Å². The van der Waals surface area contributed by atoms with Crippen LogP contribution in [0.2, 0.25) is 0 Å². The summed E-state index contributed by atoms with van der Waals surface area (Å²) in [5.74, 6) is -1.79. The number of aliphatic hydroxyl groups excluding tert-OH is 1. The van der Waals surface area contributed by atoms with Crippen molar-refractivity contribution in [1.29, 1.82) is 0 Å². The third-order valence-corrected chi connectivity index (χ3v) is 7.61. The van der Waals surface area contributed by atoms with Crippen molar-refractivity contribution >= 4 is 40.2 Å². The van der Waals surface area contributed by atoms with E-state index in [9.17, 15) is 19.5 Å². The Hall–Kier alpha value is -4.70. The summed E-state index contributed by atoms with van der Waals surface area (Å²) in [6, 6.07) is 13.2. The molecule has 2 aromatic carbocycles. The lowest BCUT2D eigenvalue weighted by Crippen LogP contribution is -2.30. The first-order valence-corrected chi connectivity index (χ1v) is 14.2. The van der Waals surface area contributed by atoms with Crippen molar-refractivity contribution < 1.29 is 33.7 Å². The number of carbonyl (C=O) groups is 3. The molecule has 1 aliphatic rings. The first kappa shape index (κ1) is 30.3. The number of allylic oxidation sites excluding steroid dienone is 1. The Labute approximate surface area is 248 Å². The van der Waals surface area contributed by atoms with Crippen molar-refractivity contribution in [3.05, 3.63) is 100 Å². The van der Waals surface area contributed by atoms with Crippen LogP contribution in [0, 0.1) is 6.92 Å². The van der Waals surface area contributed by atoms with Crippen LogP contribution in [0.4, 0.5) is 5.13 Å². The number of amides is 1. The summed E-state index contributed by atoms with van der Waals surface area (Å²) in [5.41, 5.74) is 1.47. The third kappa shape index (κ3) is 6.44. The van der Waals surface area contributed by atoms with Crippen LogP contribution in [0.15, 0.2) is 78.6 Å². The molecule has 2 heterocycles. The Morgan fingerprint density at radius 2 is 1.93 bits per heavy atom. The maximum absolute atomic E-state index is 13.6. The van der Waals surface area contributed by atoms with Gasteiger partial charge in [-0.15, -0.1) is 0 Å². The van der Waals surface area contributed by atoms with Gasteiger partial charge in [-0.25, -0.2) is 9.78 Å². The molecule has 0 bridgehead atoms. The number of ketones is 1. The molecule has 10 heteroatoms. The van der Waals surface area contributed by atoms with Gasteiger partial charge in [-0.1, -0.05) is 79.8 Å². The predicted molar refractivity (Wildman–Crippen MR) is 161 cm³/mol. The van der Waals surface area contributed by atoms with Crippen LogP contribution in [-0.2, 0) is 14.3 Å². The Morgan fingerprint density at radius 1 is 1.17 bits per heavy atom. The molecule has 42 heavy (non-hydrogen) atoms. The van der Waals surface area contributed by atoms with Gasteiger partial charge in [-0.2, -0.15) is 0 Å². The van der Waals surface area contributed by atoms with E-state index in [2.05, 4.69) is 18.5 Å². The van der Waals surface area contributed by atoms with Crippen LogP contribution < -0.4 is 14.4 Å². The van der Waals surface area contributed by atoms with Gasteiger partial charge in [0.2, 0.25) is 0 Å². The Morgan fingerprint density at radius 3 is 2.62 bits per heavy atom. The molecular formula is C32H32N2O7S. The smallest absolute Gasteiger partial charge is 0.350 e. The first-order chi connectivity index (χ1) is 20.3. The number of unbranched alkanes of at least 4 members (excludes halogenated alkanes) is 1. The number of aryl methyl sites for hydroxylation is 1. The number of aliphatic hydroxyl groups is 1. The summed E-state index contributed by atoms with van der Waals surface area (Å²) in [6.45, 7) is 7.73. The number of benzene rings is 2. The van der Waals surface area contributed by atoms with Gasteiger partial charge in [-0.05, 0) is 42.7 Å². The number of rotatable bonds is 13. The molecule has 3 aromatic rings. The van der Waals surface area contributed by atoms with E-state index in [1.807, 2.05) is 30.3 Å². The van der Waals surface area contributed by atoms with Crippen molar-refractivity contribution in [3.8, 4) is 11.5 Å². The van der Waals surface area contributed by atoms with Gasteiger partial charge in [0.25, 0.3) is 5.91 Å². The first-order valence-electron chi connectivity index (χ1n) is 13.4. The van der Waals surface area contributed by atoms with E-state index >= 15 is 0 Å². The highest BCUT2D eigenvalue weighted by molar-refractivity contribution is 7.17. The Balaban J connectivity index is 1.79. The number of hydrogen-bond donors (Lipinski definition) is 1. The van der Waals surface area contributed by atoms with Gasteiger partial charge in [0.1, 0.15) is 11.5 Å². The summed E-state index contributed by atoms with van der Waals surface area (Å²) >= 11 is 0.932. The summed E-state index contributed by atoms with van der Waals surface area (Å²) in [7, 11) is 1.50. The SMILES string of the molecule is C=CCOC(=O)c1sc(N2C(=O)C(O)=C(C(=O)/C=C/c3ccccc3)C2c2ccc(OCCCC)c(OC)c2)nc1C. The molecule has 0 aliphatic carbocycles. The quantitative estimate of drug-likeness (QED) is 0.109. The molecule has 0 saturated carbocycles. The molecule has 1 amide bonds. The van der Waals surface area contributed by atoms with Crippen molar-refractivity contribution in [1.82, 2.24) is 4.98 Å². The fourth-order valence-electron chi connectivity index (χ4n) is 4.37. The lowest BCUT2D eigenvalue weighted by molar-refractivity contribution is -0.117. The van der Waals surface area contributed by atoms with E-state index in [1.165, 1.54) is 24.2 Å². The zero-order chi connectivity index (χ0) is 30.2. The number of ether oxygens (including phenoxy) is 3. The number of anilines is 1. The van der Waals surface area contributed by atoms with Crippen LogP contribution in [0.25, 0.3) is 6.08 Å². The molecule has 1 N–H and O–H groups in total. The maximum atomic E-state index is 13.6. The highest BCUT2D eigenvalue weighted by Crippen LogP contribution is 2.45. The Kier molecular flexibility index (Phi) is 9.93. The fourth-order valence-corrected chi connectivity index (χ4v) is 5.36. The molecular weight excluding hydrogens is 556 g/mol. The number of nitrogens with zero attached hydrogens (tertiary/aromatic N) is 2. The van der Waals surface area contributed by atoms with Crippen molar-refractivity contribution in [2.24, 2.45) is 0 Å². The van der Waals surface area contributed by atoms with Crippen LogP contribution in [0.5, 0.6) is 11.5 Å². The van der Waals surface area contributed by atoms with E-state index in [1.54, 1.807) is 31.2 Å². The molecule has 0 fully saturated rings. The lowest BCUT2D eigenvalue weighted by Gasteiger charge is -2.25. The summed E-state index contributed by atoms with van der Waals surface area (Å²) in [5, 5.41) is 11.2. The molecule has 9 nitrogen and oxygen atoms in total. The molecule has 0 spiro atoms. The Bertz CT molecular complexity index is 1540. The molecule has 1 atom stereocenters. The van der Waals surface area contributed by atoms with E-state index in [0.717, 1.165) is 29.7 Å². The minimum absolute atomic E-state index is 0.0119. The number of aromatic nitrogens is 1. The van der Waals surface area contributed by atoms with E-state index in [-0.39, 0.29) is 22.2 Å². The van der Waals surface area contributed by atoms with Crippen molar-refractivity contribution in [2.45, 2.75) is 32.7 Å². The van der Waals surface area contributed by atoms with Crippen LogP contribution in [0.3, 0.4) is 0 Å².